The van der Waals surface area contributed by atoms with E-state index in [0.29, 0.717) is 58.5 Å². The van der Waals surface area contributed by atoms with E-state index < -0.39 is 21.4 Å². The lowest BCUT2D eigenvalue weighted by molar-refractivity contribution is 0.0863. The highest BCUT2D eigenvalue weighted by molar-refractivity contribution is 7.89. The predicted octanol–water partition coefficient (Wildman–Crippen LogP) is 1.51. The molecule has 0 radical (unpaired) electrons. The van der Waals surface area contributed by atoms with Gasteiger partial charge in [-0.3, -0.25) is 4.90 Å². The summed E-state index contributed by atoms with van der Waals surface area (Å²) in [4.78, 5) is 16.1. The highest BCUT2D eigenvalue weighted by Crippen LogP contribution is 2.22. The number of piperazine rings is 1. The first-order chi connectivity index (χ1) is 14.4. The molecule has 2 aliphatic heterocycles. The van der Waals surface area contributed by atoms with Gasteiger partial charge in [-0.2, -0.15) is 4.31 Å². The number of likely N-dealkylation sites (tertiary alicyclic amines) is 1. The van der Waals surface area contributed by atoms with Gasteiger partial charge in [0, 0.05) is 45.8 Å². The van der Waals surface area contributed by atoms with Gasteiger partial charge in [-0.15, -0.1) is 0 Å². The maximum absolute atomic E-state index is 13.2. The van der Waals surface area contributed by atoms with E-state index in [0.717, 1.165) is 5.56 Å². The first-order valence-electron chi connectivity index (χ1n) is 10.7. The van der Waals surface area contributed by atoms with Crippen molar-refractivity contribution in [2.75, 3.05) is 45.8 Å². The number of sulfonamides is 1. The molecule has 30 heavy (non-hydrogen) atoms. The fraction of sp³-hybridized carbons (Fsp3) is 0.667. The summed E-state index contributed by atoms with van der Waals surface area (Å²) in [5.41, 5.74) is 0.901. The molecule has 2 saturated heterocycles. The average molecular weight is 440 g/mol. The number of nitrogens with zero attached hydrogens (tertiary/aromatic N) is 3. The number of benzene rings is 1. The molecule has 2 heterocycles. The quantitative estimate of drug-likeness (QED) is 0.693. The van der Waals surface area contributed by atoms with E-state index in [1.807, 2.05) is 37.3 Å². The molecule has 0 aliphatic carbocycles. The number of aliphatic hydroxyl groups is 1. The molecule has 0 saturated carbocycles. The number of amides is 1. The molecule has 2 aliphatic rings. The van der Waals surface area contributed by atoms with E-state index in [9.17, 15) is 18.3 Å². The fourth-order valence-electron chi connectivity index (χ4n) is 3.96. The molecule has 0 aromatic heterocycles. The Hall–Kier alpha value is -1.68. The average Bonchev–Trinajstić information content (AvgIpc) is 2.78. The Morgan fingerprint density at radius 1 is 1.17 bits per heavy atom. The third-order valence-electron chi connectivity index (χ3n) is 5.89. The maximum atomic E-state index is 13.2. The van der Waals surface area contributed by atoms with E-state index in [1.54, 1.807) is 4.31 Å². The molecule has 9 heteroatoms. The third kappa shape index (κ3) is 5.94. The summed E-state index contributed by atoms with van der Waals surface area (Å²) in [6.07, 6.45) is 1.06. The molecular formula is C21H33N3O5S. The van der Waals surface area contributed by atoms with Crippen molar-refractivity contribution in [2.24, 2.45) is 0 Å². The van der Waals surface area contributed by atoms with Gasteiger partial charge in [0.2, 0.25) is 10.0 Å². The SMILES string of the molecule is CC[C@H](O)CN1CCN(S(=O)(=O)[C@@H]2CCCN(C(=O)OCc3ccccc3)C2)CC1. The zero-order valence-electron chi connectivity index (χ0n) is 17.6. The van der Waals surface area contributed by atoms with Crippen LogP contribution in [0.5, 0.6) is 0 Å². The number of ether oxygens (including phenoxy) is 1. The van der Waals surface area contributed by atoms with Crippen LogP contribution in [0.1, 0.15) is 31.7 Å². The topological polar surface area (TPSA) is 90.4 Å². The second-order valence-electron chi connectivity index (χ2n) is 8.06. The summed E-state index contributed by atoms with van der Waals surface area (Å²) < 4.78 is 33.2. The number of rotatable bonds is 7. The molecule has 2 atom stereocenters. The molecule has 3 rings (SSSR count). The number of hydrogen-bond donors (Lipinski definition) is 1. The van der Waals surface area contributed by atoms with Gasteiger partial charge in [-0.05, 0) is 24.8 Å². The van der Waals surface area contributed by atoms with Crippen LogP contribution in [0.15, 0.2) is 30.3 Å². The van der Waals surface area contributed by atoms with Crippen LogP contribution in [0.3, 0.4) is 0 Å². The molecule has 0 unspecified atom stereocenters. The Balaban J connectivity index is 1.52. The summed E-state index contributed by atoms with van der Waals surface area (Å²) in [6, 6.07) is 9.44. The van der Waals surface area contributed by atoms with Crippen LogP contribution in [0.25, 0.3) is 0 Å². The largest absolute Gasteiger partial charge is 0.445 e. The second-order valence-corrected chi connectivity index (χ2v) is 10.3. The molecular weight excluding hydrogens is 406 g/mol. The van der Waals surface area contributed by atoms with Gasteiger partial charge in [-0.25, -0.2) is 13.2 Å². The Kier molecular flexibility index (Phi) is 8.10. The lowest BCUT2D eigenvalue weighted by Gasteiger charge is -2.38. The van der Waals surface area contributed by atoms with Crippen molar-refractivity contribution in [3.05, 3.63) is 35.9 Å². The van der Waals surface area contributed by atoms with E-state index >= 15 is 0 Å². The van der Waals surface area contributed by atoms with Crippen LogP contribution < -0.4 is 0 Å². The number of β-amino-alcohol motifs (C(OH)–C–C–N with tert-alkyl or cyclic N) is 1. The van der Waals surface area contributed by atoms with E-state index in [1.165, 1.54) is 4.90 Å². The molecule has 2 fully saturated rings. The first kappa shape index (κ1) is 23.0. The van der Waals surface area contributed by atoms with Gasteiger partial charge >= 0.3 is 6.09 Å². The minimum Gasteiger partial charge on any atom is -0.445 e. The Bertz CT molecular complexity index is 781. The minimum atomic E-state index is -3.48. The number of carbonyl (C=O) groups is 1. The van der Waals surface area contributed by atoms with Gasteiger partial charge in [0.15, 0.2) is 0 Å². The van der Waals surface area contributed by atoms with Crippen molar-refractivity contribution >= 4 is 16.1 Å². The van der Waals surface area contributed by atoms with Crippen molar-refractivity contribution < 1.29 is 23.1 Å². The molecule has 1 aromatic carbocycles. The molecule has 1 amide bonds. The lowest BCUT2D eigenvalue weighted by atomic mass is 10.1. The Labute approximate surface area is 179 Å². The second kappa shape index (κ2) is 10.6. The summed E-state index contributed by atoms with van der Waals surface area (Å²) in [6.45, 7) is 5.46. The van der Waals surface area contributed by atoms with Gasteiger partial charge in [0.25, 0.3) is 0 Å². The Morgan fingerprint density at radius 3 is 2.53 bits per heavy atom. The standard InChI is InChI=1S/C21H33N3O5S/c1-2-19(25)15-22-11-13-24(14-12-22)30(27,28)20-9-6-10-23(16-20)21(26)29-17-18-7-4-3-5-8-18/h3-5,7-8,19-20,25H,2,6,9-17H2,1H3/t19-,20+/m0/s1. The lowest BCUT2D eigenvalue weighted by Crippen LogP contribution is -2.55. The normalized spacial score (nSPS) is 22.6. The van der Waals surface area contributed by atoms with Crippen molar-refractivity contribution in [3.63, 3.8) is 0 Å². The van der Waals surface area contributed by atoms with Gasteiger partial charge in [-0.1, -0.05) is 37.3 Å². The number of carbonyl (C=O) groups excluding carboxylic acids is 1. The number of hydrogen-bond acceptors (Lipinski definition) is 6. The molecule has 1 aromatic rings. The fourth-order valence-corrected chi connectivity index (χ4v) is 5.89. The number of aliphatic hydroxyl groups excluding tert-OH is 1. The molecule has 0 spiro atoms. The monoisotopic (exact) mass is 439 g/mol. The van der Waals surface area contributed by atoms with Crippen molar-refractivity contribution in [1.82, 2.24) is 14.1 Å². The van der Waals surface area contributed by atoms with Crippen LogP contribution >= 0.6 is 0 Å². The molecule has 1 N–H and O–H groups in total. The van der Waals surface area contributed by atoms with Crippen LogP contribution in [0, 0.1) is 0 Å². The molecule has 8 nitrogen and oxygen atoms in total. The maximum Gasteiger partial charge on any atom is 0.410 e. The van der Waals surface area contributed by atoms with E-state index in [-0.39, 0.29) is 19.3 Å². The molecule has 0 bridgehead atoms. The highest BCUT2D eigenvalue weighted by Gasteiger charge is 2.38. The van der Waals surface area contributed by atoms with Gasteiger partial charge in [0.05, 0.1) is 11.4 Å². The molecule has 168 valence electrons. The predicted molar refractivity (Wildman–Crippen MR) is 114 cm³/mol. The van der Waals surface area contributed by atoms with Gasteiger partial charge < -0.3 is 14.7 Å². The summed E-state index contributed by atoms with van der Waals surface area (Å²) in [5, 5.41) is 9.22. The van der Waals surface area contributed by atoms with Crippen LogP contribution in [-0.2, 0) is 21.4 Å². The zero-order chi connectivity index (χ0) is 21.6. The summed E-state index contributed by atoms with van der Waals surface area (Å²) >= 11 is 0. The van der Waals surface area contributed by atoms with Gasteiger partial charge in [0.1, 0.15) is 6.61 Å². The van der Waals surface area contributed by atoms with Crippen LogP contribution in [0.2, 0.25) is 0 Å². The Morgan fingerprint density at radius 2 is 1.87 bits per heavy atom. The number of piperidine rings is 1. The highest BCUT2D eigenvalue weighted by atomic mass is 32.2. The minimum absolute atomic E-state index is 0.171. The summed E-state index contributed by atoms with van der Waals surface area (Å²) in [7, 11) is -3.48. The van der Waals surface area contributed by atoms with E-state index in [4.69, 9.17) is 4.74 Å². The summed E-state index contributed by atoms with van der Waals surface area (Å²) in [5.74, 6) is 0. The zero-order valence-corrected chi connectivity index (χ0v) is 18.5. The van der Waals surface area contributed by atoms with E-state index in [2.05, 4.69) is 4.90 Å². The smallest absolute Gasteiger partial charge is 0.410 e. The third-order valence-corrected chi connectivity index (χ3v) is 8.21. The van der Waals surface area contributed by atoms with Crippen LogP contribution in [-0.4, -0.2) is 90.9 Å². The van der Waals surface area contributed by atoms with Crippen molar-refractivity contribution in [1.29, 1.82) is 0 Å². The van der Waals surface area contributed by atoms with Crippen LogP contribution in [0.4, 0.5) is 4.79 Å². The van der Waals surface area contributed by atoms with Crippen molar-refractivity contribution in [3.8, 4) is 0 Å². The van der Waals surface area contributed by atoms with Crippen molar-refractivity contribution in [2.45, 2.75) is 44.1 Å². The first-order valence-corrected chi connectivity index (χ1v) is 12.3.